The van der Waals surface area contributed by atoms with Crippen LogP contribution in [-0.4, -0.2) is 25.8 Å². The highest BCUT2D eigenvalue weighted by Gasteiger charge is 2.17. The molecule has 0 unspecified atom stereocenters. The number of anilines is 2. The molecule has 0 aliphatic heterocycles. The van der Waals surface area contributed by atoms with Gasteiger partial charge in [-0.1, -0.05) is 24.3 Å². The lowest BCUT2D eigenvalue weighted by molar-refractivity contribution is -0.380. The van der Waals surface area contributed by atoms with Gasteiger partial charge in [0.15, 0.2) is 5.13 Å². The minimum Gasteiger partial charge on any atom is -0.368 e. The van der Waals surface area contributed by atoms with Crippen molar-refractivity contribution in [2.45, 2.75) is 6.92 Å². The Morgan fingerprint density at radius 1 is 1.21 bits per heavy atom. The molecule has 10 heteroatoms. The van der Waals surface area contributed by atoms with Crippen LogP contribution in [-0.2, 0) is 0 Å². The van der Waals surface area contributed by atoms with E-state index in [9.17, 15) is 14.9 Å². The highest BCUT2D eigenvalue weighted by atomic mass is 32.1. The smallest absolute Gasteiger partial charge is 0.345 e. The number of hydrogen-bond acceptors (Lipinski definition) is 8. The van der Waals surface area contributed by atoms with Crippen molar-refractivity contribution in [1.82, 2.24) is 15.0 Å². The second-order valence-corrected chi connectivity index (χ2v) is 7.20. The van der Waals surface area contributed by atoms with E-state index in [0.29, 0.717) is 16.8 Å². The van der Waals surface area contributed by atoms with Crippen molar-refractivity contribution < 1.29 is 9.72 Å². The van der Waals surface area contributed by atoms with Crippen molar-refractivity contribution in [2.24, 2.45) is 0 Å². The minimum absolute atomic E-state index is 0.142. The third-order valence-electron chi connectivity index (χ3n) is 4.27. The highest BCUT2D eigenvalue weighted by molar-refractivity contribution is 7.18. The Labute approximate surface area is 168 Å². The molecule has 4 aromatic rings. The van der Waals surface area contributed by atoms with Gasteiger partial charge in [-0.05, 0) is 42.0 Å². The van der Waals surface area contributed by atoms with Gasteiger partial charge in [0.25, 0.3) is 5.91 Å². The molecule has 0 spiro atoms. The van der Waals surface area contributed by atoms with Crippen molar-refractivity contribution in [1.29, 1.82) is 0 Å². The van der Waals surface area contributed by atoms with Crippen LogP contribution in [0.5, 0.6) is 0 Å². The first-order valence-electron chi connectivity index (χ1n) is 8.47. The third-order valence-corrected chi connectivity index (χ3v) is 5.13. The fourth-order valence-corrected chi connectivity index (χ4v) is 3.52. The van der Waals surface area contributed by atoms with Crippen LogP contribution in [0.1, 0.15) is 15.9 Å². The maximum atomic E-state index is 12.6. The molecule has 0 atom stereocenters. The van der Waals surface area contributed by atoms with E-state index in [-0.39, 0.29) is 16.1 Å². The molecule has 1 amide bonds. The fourth-order valence-electron chi connectivity index (χ4n) is 2.90. The van der Waals surface area contributed by atoms with Crippen LogP contribution >= 0.6 is 11.3 Å². The zero-order chi connectivity index (χ0) is 20.5. The van der Waals surface area contributed by atoms with Crippen LogP contribution < -0.4 is 11.1 Å². The molecule has 0 aliphatic carbocycles. The van der Waals surface area contributed by atoms with E-state index >= 15 is 0 Å². The van der Waals surface area contributed by atoms with Gasteiger partial charge in [-0.25, -0.2) is 15.0 Å². The number of nitrogens with one attached hydrogen (secondary N) is 1. The molecule has 0 fully saturated rings. The van der Waals surface area contributed by atoms with E-state index in [1.165, 1.54) is 0 Å². The van der Waals surface area contributed by atoms with Gasteiger partial charge in [0, 0.05) is 16.5 Å². The lowest BCUT2D eigenvalue weighted by Crippen LogP contribution is -2.12. The standard InChI is InChI=1S/C19H14N6O3S/c1-10-6-7-11(17(26)24-19-21-9-15(29-19)25(27)28)8-13(10)16-12-4-2-3-5-14(12)22-18(20)23-16/h2-9H,1H3,(H2,20,22,23)(H,21,24,26). The van der Waals surface area contributed by atoms with E-state index in [1.807, 2.05) is 37.3 Å². The molecule has 2 heterocycles. The van der Waals surface area contributed by atoms with Crippen molar-refractivity contribution >= 4 is 44.2 Å². The number of nitrogens with zero attached hydrogens (tertiary/aromatic N) is 4. The quantitative estimate of drug-likeness (QED) is 0.388. The molecule has 3 N–H and O–H groups in total. The van der Waals surface area contributed by atoms with Crippen LogP contribution in [0.25, 0.3) is 22.2 Å². The number of nitrogens with two attached hydrogens (primary N) is 1. The summed E-state index contributed by atoms with van der Waals surface area (Å²) < 4.78 is 0. The molecule has 0 radical (unpaired) electrons. The van der Waals surface area contributed by atoms with Gasteiger partial charge in [-0.3, -0.25) is 20.2 Å². The topological polar surface area (TPSA) is 137 Å². The molecule has 2 aromatic heterocycles. The first-order valence-corrected chi connectivity index (χ1v) is 9.29. The molecular formula is C19H14N6O3S. The molecule has 2 aromatic carbocycles. The summed E-state index contributed by atoms with van der Waals surface area (Å²) in [6.07, 6.45) is 1.11. The van der Waals surface area contributed by atoms with Crippen LogP contribution in [0.2, 0.25) is 0 Å². The van der Waals surface area contributed by atoms with Crippen molar-refractivity contribution in [3.8, 4) is 11.3 Å². The second kappa shape index (κ2) is 7.24. The number of aromatic nitrogens is 3. The monoisotopic (exact) mass is 406 g/mol. The Bertz CT molecular complexity index is 1270. The Morgan fingerprint density at radius 3 is 2.76 bits per heavy atom. The summed E-state index contributed by atoms with van der Waals surface area (Å²) in [4.78, 5) is 35.4. The summed E-state index contributed by atoms with van der Waals surface area (Å²) in [6.45, 7) is 1.91. The molecule has 0 saturated carbocycles. The number of thiazole rings is 1. The van der Waals surface area contributed by atoms with Gasteiger partial charge in [-0.2, -0.15) is 0 Å². The maximum Gasteiger partial charge on any atom is 0.345 e. The van der Waals surface area contributed by atoms with Gasteiger partial charge in [0.2, 0.25) is 5.95 Å². The largest absolute Gasteiger partial charge is 0.368 e. The summed E-state index contributed by atoms with van der Waals surface area (Å²) in [5.74, 6) is -0.287. The summed E-state index contributed by atoms with van der Waals surface area (Å²) in [5, 5.41) is 14.2. The van der Waals surface area contributed by atoms with Crippen molar-refractivity contribution in [3.63, 3.8) is 0 Å². The molecular weight excluding hydrogens is 392 g/mol. The SMILES string of the molecule is Cc1ccc(C(=O)Nc2ncc([N+](=O)[O-])s2)cc1-c1nc(N)nc2ccccc12. The average Bonchev–Trinajstić information content (AvgIpc) is 3.16. The molecule has 29 heavy (non-hydrogen) atoms. The second-order valence-electron chi connectivity index (χ2n) is 6.19. The zero-order valence-electron chi connectivity index (χ0n) is 15.1. The number of para-hydroxylation sites is 1. The van der Waals surface area contributed by atoms with E-state index < -0.39 is 10.8 Å². The van der Waals surface area contributed by atoms with Gasteiger partial charge < -0.3 is 5.73 Å². The molecule has 4 rings (SSSR count). The number of nitro groups is 1. The van der Waals surface area contributed by atoms with E-state index in [0.717, 1.165) is 34.0 Å². The molecule has 9 nitrogen and oxygen atoms in total. The Balaban J connectivity index is 1.73. The number of fused-ring (bicyclic) bond motifs is 1. The Morgan fingerprint density at radius 2 is 2.00 bits per heavy atom. The maximum absolute atomic E-state index is 12.6. The first kappa shape index (κ1) is 18.4. The summed E-state index contributed by atoms with van der Waals surface area (Å²) in [5.41, 5.74) is 9.23. The van der Waals surface area contributed by atoms with Crippen LogP contribution in [0.3, 0.4) is 0 Å². The number of rotatable bonds is 4. The fraction of sp³-hybridized carbons (Fsp3) is 0.0526. The number of nitrogen functional groups attached to an aromatic ring is 1. The van der Waals surface area contributed by atoms with Gasteiger partial charge in [0.1, 0.15) is 6.20 Å². The average molecular weight is 406 g/mol. The van der Waals surface area contributed by atoms with Gasteiger partial charge in [-0.15, -0.1) is 0 Å². The van der Waals surface area contributed by atoms with Crippen LogP contribution in [0.4, 0.5) is 16.1 Å². The third kappa shape index (κ3) is 3.60. The van der Waals surface area contributed by atoms with E-state index in [1.54, 1.807) is 12.1 Å². The van der Waals surface area contributed by atoms with E-state index in [4.69, 9.17) is 5.73 Å². The van der Waals surface area contributed by atoms with Crippen LogP contribution in [0, 0.1) is 17.0 Å². The van der Waals surface area contributed by atoms with E-state index in [2.05, 4.69) is 20.3 Å². The Kier molecular flexibility index (Phi) is 4.61. The predicted molar refractivity (Wildman–Crippen MR) is 111 cm³/mol. The summed E-state index contributed by atoms with van der Waals surface area (Å²) >= 11 is 0.792. The number of carbonyl (C=O) groups excluding carboxylic acids is 1. The molecule has 0 saturated heterocycles. The van der Waals surface area contributed by atoms with Gasteiger partial charge >= 0.3 is 5.00 Å². The Hall–Kier alpha value is -3.92. The molecule has 144 valence electrons. The normalized spacial score (nSPS) is 10.8. The summed E-state index contributed by atoms with van der Waals surface area (Å²) in [7, 11) is 0. The number of amides is 1. The zero-order valence-corrected chi connectivity index (χ0v) is 15.9. The molecule has 0 aliphatic rings. The molecule has 0 bridgehead atoms. The lowest BCUT2D eigenvalue weighted by atomic mass is 9.99. The van der Waals surface area contributed by atoms with Crippen molar-refractivity contribution in [2.75, 3.05) is 11.1 Å². The number of benzene rings is 2. The summed E-state index contributed by atoms with van der Waals surface area (Å²) in [6, 6.07) is 12.7. The van der Waals surface area contributed by atoms with Crippen LogP contribution in [0.15, 0.2) is 48.7 Å². The minimum atomic E-state index is -0.554. The number of carbonyl (C=O) groups is 1. The number of hydrogen-bond donors (Lipinski definition) is 2. The highest BCUT2D eigenvalue weighted by Crippen LogP contribution is 2.30. The van der Waals surface area contributed by atoms with Crippen molar-refractivity contribution in [3.05, 3.63) is 69.9 Å². The lowest BCUT2D eigenvalue weighted by Gasteiger charge is -2.11. The van der Waals surface area contributed by atoms with Gasteiger partial charge in [0.05, 0.1) is 16.1 Å². The number of aryl methyl sites for hydroxylation is 1. The first-order chi connectivity index (χ1) is 13.9. The predicted octanol–water partition coefficient (Wildman–Crippen LogP) is 3.80.